The largest absolute Gasteiger partial charge is 0.489 e. The number of benzene rings is 1. The van der Waals surface area contributed by atoms with Crippen LogP contribution in [0.4, 0.5) is 0 Å². The molecule has 0 bridgehead atoms. The number of hydrogen-bond donors (Lipinski definition) is 2. The molecule has 1 atom stereocenters. The normalized spacial score (nSPS) is 15.5. The van der Waals surface area contributed by atoms with Crippen LogP contribution in [0.5, 0.6) is 11.5 Å². The third-order valence-electron chi connectivity index (χ3n) is 3.02. The third kappa shape index (κ3) is 4.02. The van der Waals surface area contributed by atoms with E-state index in [4.69, 9.17) is 26.8 Å². The lowest BCUT2D eigenvalue weighted by Gasteiger charge is -2.14. The Hall–Kier alpha value is -1.46. The monoisotopic (exact) mass is 298 g/mol. The molecule has 5 nitrogen and oxygen atoms in total. The summed E-state index contributed by atoms with van der Waals surface area (Å²) in [4.78, 5) is 10.8. The van der Waals surface area contributed by atoms with Gasteiger partial charge in [-0.3, -0.25) is 4.79 Å². The van der Waals surface area contributed by atoms with Gasteiger partial charge in [0.25, 0.3) is 0 Å². The second kappa shape index (κ2) is 6.81. The van der Waals surface area contributed by atoms with Gasteiger partial charge in [-0.2, -0.15) is 0 Å². The molecule has 1 heterocycles. The summed E-state index contributed by atoms with van der Waals surface area (Å²) in [6, 6.07) is 3.78. The average Bonchev–Trinajstić information content (AvgIpc) is 2.61. The molecule has 1 unspecified atom stereocenters. The number of carbonyl (C=O) groups is 1. The summed E-state index contributed by atoms with van der Waals surface area (Å²) in [5.74, 6) is 0.967. The van der Waals surface area contributed by atoms with Gasteiger partial charge in [0.15, 0.2) is 11.5 Å². The van der Waals surface area contributed by atoms with Gasteiger partial charge in [-0.25, -0.2) is 0 Å². The molecule has 0 saturated carbocycles. The average molecular weight is 299 g/mol. The number of halogens is 1. The van der Waals surface area contributed by atoms with Crippen molar-refractivity contribution in [1.29, 1.82) is 0 Å². The molecule has 0 aliphatic carbocycles. The SMILES string of the molecule is CC(CC(N)=O)NCc1cc(Cl)c2c(c1)OCCCO2. The van der Waals surface area contributed by atoms with E-state index in [9.17, 15) is 4.79 Å². The summed E-state index contributed by atoms with van der Waals surface area (Å²) in [5, 5.41) is 3.77. The first-order chi connectivity index (χ1) is 9.56. The fourth-order valence-electron chi connectivity index (χ4n) is 2.05. The smallest absolute Gasteiger partial charge is 0.218 e. The Morgan fingerprint density at radius 3 is 2.95 bits per heavy atom. The third-order valence-corrected chi connectivity index (χ3v) is 3.30. The van der Waals surface area contributed by atoms with Gasteiger partial charge in [-0.1, -0.05) is 11.6 Å². The standard InChI is InChI=1S/C14H19ClN2O3/c1-9(5-13(16)18)17-8-10-6-11(15)14-12(7-10)19-3-2-4-20-14/h6-7,9,17H,2-5,8H2,1H3,(H2,16,18). The van der Waals surface area contributed by atoms with Crippen molar-refractivity contribution in [3.8, 4) is 11.5 Å². The van der Waals surface area contributed by atoms with Crippen LogP contribution in [0.15, 0.2) is 12.1 Å². The van der Waals surface area contributed by atoms with Crippen molar-refractivity contribution in [2.45, 2.75) is 32.4 Å². The molecule has 3 N–H and O–H groups in total. The Balaban J connectivity index is 2.04. The first kappa shape index (κ1) is 14.9. The molecule has 0 fully saturated rings. The van der Waals surface area contributed by atoms with Gasteiger partial charge >= 0.3 is 0 Å². The molecule has 0 saturated heterocycles. The van der Waals surface area contributed by atoms with E-state index in [1.807, 2.05) is 19.1 Å². The highest BCUT2D eigenvalue weighted by molar-refractivity contribution is 6.32. The van der Waals surface area contributed by atoms with Gasteiger partial charge in [-0.15, -0.1) is 0 Å². The van der Waals surface area contributed by atoms with Gasteiger partial charge in [0.2, 0.25) is 5.91 Å². The van der Waals surface area contributed by atoms with Crippen molar-refractivity contribution in [3.05, 3.63) is 22.7 Å². The number of primary amides is 1. The van der Waals surface area contributed by atoms with Crippen LogP contribution in [0.3, 0.4) is 0 Å². The number of fused-ring (bicyclic) bond motifs is 1. The van der Waals surface area contributed by atoms with Gasteiger partial charge in [0.05, 0.1) is 18.2 Å². The zero-order chi connectivity index (χ0) is 14.5. The number of hydrogen-bond acceptors (Lipinski definition) is 4. The van der Waals surface area contributed by atoms with Gasteiger partial charge in [-0.05, 0) is 24.6 Å². The maximum absolute atomic E-state index is 10.8. The van der Waals surface area contributed by atoms with Crippen molar-refractivity contribution < 1.29 is 14.3 Å². The highest BCUT2D eigenvalue weighted by Crippen LogP contribution is 2.37. The van der Waals surface area contributed by atoms with E-state index in [1.54, 1.807) is 0 Å². The van der Waals surface area contributed by atoms with Gasteiger partial charge < -0.3 is 20.5 Å². The highest BCUT2D eigenvalue weighted by atomic mass is 35.5. The molecule has 20 heavy (non-hydrogen) atoms. The first-order valence-electron chi connectivity index (χ1n) is 6.66. The van der Waals surface area contributed by atoms with E-state index >= 15 is 0 Å². The summed E-state index contributed by atoms with van der Waals surface area (Å²) in [6.45, 7) is 3.73. The molecule has 1 aliphatic rings. The molecule has 1 aromatic carbocycles. The van der Waals surface area contributed by atoms with Crippen LogP contribution in [0.25, 0.3) is 0 Å². The van der Waals surface area contributed by atoms with Crippen LogP contribution >= 0.6 is 11.6 Å². The number of ether oxygens (including phenoxy) is 2. The molecule has 2 rings (SSSR count). The van der Waals surface area contributed by atoms with Crippen molar-refractivity contribution in [2.24, 2.45) is 5.73 Å². The van der Waals surface area contributed by atoms with E-state index in [0.717, 1.165) is 12.0 Å². The van der Waals surface area contributed by atoms with Crippen molar-refractivity contribution in [3.63, 3.8) is 0 Å². The fourth-order valence-corrected chi connectivity index (χ4v) is 2.34. The summed E-state index contributed by atoms with van der Waals surface area (Å²) < 4.78 is 11.2. The first-order valence-corrected chi connectivity index (χ1v) is 7.03. The van der Waals surface area contributed by atoms with Crippen LogP contribution in [-0.2, 0) is 11.3 Å². The van der Waals surface area contributed by atoms with E-state index in [2.05, 4.69) is 5.32 Å². The van der Waals surface area contributed by atoms with E-state index in [1.165, 1.54) is 0 Å². The summed E-state index contributed by atoms with van der Waals surface area (Å²) in [6.07, 6.45) is 1.15. The number of rotatable bonds is 5. The van der Waals surface area contributed by atoms with E-state index in [-0.39, 0.29) is 11.9 Å². The minimum Gasteiger partial charge on any atom is -0.489 e. The van der Waals surface area contributed by atoms with Crippen LogP contribution in [-0.4, -0.2) is 25.2 Å². The Labute approximate surface area is 123 Å². The quantitative estimate of drug-likeness (QED) is 0.870. The lowest BCUT2D eigenvalue weighted by atomic mass is 10.1. The Morgan fingerprint density at radius 2 is 2.20 bits per heavy atom. The van der Waals surface area contributed by atoms with Crippen molar-refractivity contribution >= 4 is 17.5 Å². The topological polar surface area (TPSA) is 73.6 Å². The second-order valence-corrected chi connectivity index (χ2v) is 5.31. The van der Waals surface area contributed by atoms with E-state index < -0.39 is 0 Å². The molecule has 110 valence electrons. The van der Waals surface area contributed by atoms with Gasteiger partial charge in [0, 0.05) is 25.4 Å². The number of nitrogens with two attached hydrogens (primary N) is 1. The molecule has 6 heteroatoms. The molecule has 1 aliphatic heterocycles. The second-order valence-electron chi connectivity index (χ2n) is 4.91. The Bertz CT molecular complexity index is 494. The molecule has 1 amide bonds. The maximum atomic E-state index is 10.8. The maximum Gasteiger partial charge on any atom is 0.218 e. The molecule has 0 spiro atoms. The minimum atomic E-state index is -0.318. The van der Waals surface area contributed by atoms with Crippen LogP contribution in [0.1, 0.15) is 25.3 Å². The van der Waals surface area contributed by atoms with Crippen LogP contribution < -0.4 is 20.5 Å². The lowest BCUT2D eigenvalue weighted by Crippen LogP contribution is -2.30. The Morgan fingerprint density at radius 1 is 1.45 bits per heavy atom. The molecule has 0 aromatic heterocycles. The van der Waals surface area contributed by atoms with Gasteiger partial charge in [0.1, 0.15) is 0 Å². The summed E-state index contributed by atoms with van der Waals surface area (Å²) in [5.41, 5.74) is 6.14. The van der Waals surface area contributed by atoms with Crippen molar-refractivity contribution in [2.75, 3.05) is 13.2 Å². The number of amides is 1. The van der Waals surface area contributed by atoms with E-state index in [0.29, 0.717) is 42.7 Å². The molecule has 1 aromatic rings. The summed E-state index contributed by atoms with van der Waals surface area (Å²) in [7, 11) is 0. The minimum absolute atomic E-state index is 0.0160. The van der Waals surface area contributed by atoms with Crippen LogP contribution in [0, 0.1) is 0 Å². The van der Waals surface area contributed by atoms with Crippen molar-refractivity contribution in [1.82, 2.24) is 5.32 Å². The molecule has 0 radical (unpaired) electrons. The Kier molecular flexibility index (Phi) is 5.09. The number of carbonyl (C=O) groups excluding carboxylic acids is 1. The molecular formula is C14H19ClN2O3. The molecular weight excluding hydrogens is 280 g/mol. The van der Waals surface area contributed by atoms with Crippen LogP contribution in [0.2, 0.25) is 5.02 Å². The highest BCUT2D eigenvalue weighted by Gasteiger charge is 2.16. The fraction of sp³-hybridized carbons (Fsp3) is 0.500. The predicted octanol–water partition coefficient (Wildman–Crippen LogP) is 1.85. The predicted molar refractivity (Wildman–Crippen MR) is 77.2 cm³/mol. The zero-order valence-electron chi connectivity index (χ0n) is 11.4. The zero-order valence-corrected chi connectivity index (χ0v) is 12.2. The lowest BCUT2D eigenvalue weighted by molar-refractivity contribution is -0.118. The number of nitrogens with one attached hydrogen (secondary N) is 1. The summed E-state index contributed by atoms with van der Waals surface area (Å²) >= 11 is 6.21.